The summed E-state index contributed by atoms with van der Waals surface area (Å²) in [5.74, 6) is -8.91. The van der Waals surface area contributed by atoms with Crippen LogP contribution in [0.25, 0.3) is 22.0 Å². The van der Waals surface area contributed by atoms with Crippen molar-refractivity contribution in [3.8, 4) is 23.0 Å². The average Bonchev–Trinajstić information content (AvgIpc) is 3.76. The molecule has 0 aliphatic heterocycles. The van der Waals surface area contributed by atoms with Crippen LogP contribution in [0.1, 0.15) is 66.1 Å². The van der Waals surface area contributed by atoms with Gasteiger partial charge in [-0.05, 0) is 74.4 Å². The van der Waals surface area contributed by atoms with E-state index in [1.165, 1.54) is 13.8 Å². The van der Waals surface area contributed by atoms with Crippen LogP contribution in [0.15, 0.2) is 42.5 Å². The zero-order valence-electron chi connectivity index (χ0n) is 39.1. The molecule has 0 bridgehead atoms. The molecule has 33 heteroatoms. The highest BCUT2D eigenvalue weighted by Crippen LogP contribution is 2.68. The minimum absolute atomic E-state index is 0.0740. The first-order chi connectivity index (χ1) is 34.7. The molecule has 1 saturated carbocycles. The Bertz CT molecular complexity index is 3580. The summed E-state index contributed by atoms with van der Waals surface area (Å²) in [6, 6.07) is -0.557. The Balaban J connectivity index is 1.49. The van der Waals surface area contributed by atoms with Crippen molar-refractivity contribution in [3.05, 3.63) is 93.0 Å². The third kappa shape index (κ3) is 12.0. The number of aromatic nitrogens is 5. The first kappa shape index (κ1) is 57.4. The Hall–Kier alpha value is -6.32. The number of carboxylic acid groups (broad SMARTS) is 1. The van der Waals surface area contributed by atoms with Crippen molar-refractivity contribution in [1.29, 1.82) is 0 Å². The van der Waals surface area contributed by atoms with Gasteiger partial charge in [-0.15, -0.1) is 0 Å². The molecular weight excluding hydrogens is 1130 g/mol. The summed E-state index contributed by atoms with van der Waals surface area (Å²) in [5.41, 5.74) is -6.82. The molecule has 2 aliphatic rings. The molecule has 7 rings (SSSR count). The number of benzene rings is 2. The molecule has 19 nitrogen and oxygen atoms in total. The molecular formula is C43H38ClF10N8O11PS2. The van der Waals surface area contributed by atoms with Crippen molar-refractivity contribution in [2.24, 2.45) is 5.92 Å². The van der Waals surface area contributed by atoms with E-state index >= 15 is 8.78 Å². The van der Waals surface area contributed by atoms with Gasteiger partial charge in [0.1, 0.15) is 46.9 Å². The van der Waals surface area contributed by atoms with Crippen LogP contribution in [0.5, 0.6) is 0 Å². The van der Waals surface area contributed by atoms with Gasteiger partial charge in [-0.3, -0.25) is 18.7 Å². The maximum Gasteiger partial charge on any atom is 0.435 e. The molecule has 1 unspecified atom stereocenters. The van der Waals surface area contributed by atoms with Gasteiger partial charge < -0.3 is 25.5 Å². The molecule has 3 amide bonds. The minimum atomic E-state index is -5.30. The number of carboxylic acids is 1. The van der Waals surface area contributed by atoms with Crippen molar-refractivity contribution in [2.75, 3.05) is 23.0 Å². The molecule has 0 spiro atoms. The first-order valence-electron chi connectivity index (χ1n) is 21.6. The van der Waals surface area contributed by atoms with Gasteiger partial charge in [-0.1, -0.05) is 23.6 Å². The number of halogens is 11. The number of nitrogens with zero attached hydrogens (tertiary/aromatic N) is 6. The van der Waals surface area contributed by atoms with E-state index in [-0.39, 0.29) is 25.7 Å². The van der Waals surface area contributed by atoms with Crippen LogP contribution in [0.3, 0.4) is 0 Å². The number of pyridine rings is 1. The van der Waals surface area contributed by atoms with Gasteiger partial charge in [0.2, 0.25) is 15.9 Å². The third-order valence-electron chi connectivity index (χ3n) is 12.0. The van der Waals surface area contributed by atoms with Crippen molar-refractivity contribution in [1.82, 2.24) is 35.2 Å². The molecule has 2 aromatic carbocycles. The standard InChI is InChI=1S/C43H38ClF10N8O11PS2/c1-40(2,75(3,70)71)10-9-22-5-6-23(24-7-8-27(44)32-34(24)61(18-41(47,48)49)59-37(32)62(76(4,72)73)39(66)57-29(38(64)65)17-74(67,68)69)33(55-22)28(13-19-11-20(45)14-21(46)12-19)56-30(63)16-60-36-31(35(58-60)43(52,53)54)25-15-26(25)42(36,50)51/h5-8,11-12,14,25-26,28-29H,13,15-18H2,1-4H3,(H,56,63)(H,57,66)(H,64,65)(H2,67,68,69)/t25-,26+,28-,29?/m0/s1. The van der Waals surface area contributed by atoms with Crippen LogP contribution in [0.2, 0.25) is 5.02 Å². The molecule has 4 atom stereocenters. The monoisotopic (exact) mass is 1160 g/mol. The highest BCUT2D eigenvalue weighted by Gasteiger charge is 2.68. The van der Waals surface area contributed by atoms with Crippen molar-refractivity contribution in [2.45, 2.75) is 80.8 Å². The Labute approximate surface area is 427 Å². The summed E-state index contributed by atoms with van der Waals surface area (Å²) in [6.07, 6.45) is -12.1. The predicted molar refractivity (Wildman–Crippen MR) is 247 cm³/mol. The fourth-order valence-corrected chi connectivity index (χ4v) is 10.4. The number of nitrogens with one attached hydrogen (secondary N) is 2. The van der Waals surface area contributed by atoms with Gasteiger partial charge in [0.25, 0.3) is 5.92 Å². The first-order valence-corrected chi connectivity index (χ1v) is 27.5. The number of aliphatic carboxylic acids is 1. The molecule has 0 saturated heterocycles. The number of amides is 3. The Morgan fingerprint density at radius 3 is 2.12 bits per heavy atom. The number of hydrogen-bond donors (Lipinski definition) is 5. The fraction of sp³-hybridized carbons (Fsp3) is 0.395. The smallest absolute Gasteiger partial charge is 0.435 e. The van der Waals surface area contributed by atoms with E-state index in [2.05, 4.69) is 32.3 Å². The third-order valence-corrected chi connectivity index (χ3v) is 16.1. The second-order valence-electron chi connectivity index (χ2n) is 18.2. The van der Waals surface area contributed by atoms with Gasteiger partial charge in [-0.25, -0.2) is 40.2 Å². The number of anilines is 1. The lowest BCUT2D eigenvalue weighted by atomic mass is 9.93. The number of carbonyl (C=O) groups is 3. The molecule has 0 radical (unpaired) electrons. The number of alkyl halides is 8. The summed E-state index contributed by atoms with van der Waals surface area (Å²) in [6.45, 7) is -1.15. The van der Waals surface area contributed by atoms with Crippen molar-refractivity contribution >= 4 is 73.7 Å². The van der Waals surface area contributed by atoms with Crippen LogP contribution >= 0.6 is 19.2 Å². The van der Waals surface area contributed by atoms with Crippen LogP contribution in [0.4, 0.5) is 54.5 Å². The molecule has 3 heterocycles. The molecule has 3 aromatic heterocycles. The second kappa shape index (κ2) is 19.6. The number of rotatable bonds is 15. The lowest BCUT2D eigenvalue weighted by molar-refractivity contribution is -0.143. The molecule has 76 heavy (non-hydrogen) atoms. The van der Waals surface area contributed by atoms with E-state index in [1.807, 2.05) is 0 Å². The minimum Gasteiger partial charge on any atom is -0.480 e. The average molecular weight is 1160 g/mol. The maximum atomic E-state index is 15.6. The maximum absolute atomic E-state index is 15.6. The van der Waals surface area contributed by atoms with E-state index in [1.54, 1.807) is 5.32 Å². The summed E-state index contributed by atoms with van der Waals surface area (Å²) < 4.78 is 209. The Morgan fingerprint density at radius 1 is 0.947 bits per heavy atom. The number of sulfone groups is 1. The highest BCUT2D eigenvalue weighted by atomic mass is 35.5. The highest BCUT2D eigenvalue weighted by molar-refractivity contribution is 7.93. The zero-order chi connectivity index (χ0) is 56.8. The van der Waals surface area contributed by atoms with Crippen LogP contribution in [0, 0.1) is 29.4 Å². The van der Waals surface area contributed by atoms with Crippen LogP contribution < -0.4 is 14.9 Å². The molecule has 2 aliphatic carbocycles. The Morgan fingerprint density at radius 2 is 1.57 bits per heavy atom. The van der Waals surface area contributed by atoms with Crippen molar-refractivity contribution in [3.63, 3.8) is 0 Å². The van der Waals surface area contributed by atoms with E-state index in [9.17, 15) is 85.8 Å². The summed E-state index contributed by atoms with van der Waals surface area (Å²) >= 11 is 6.55. The summed E-state index contributed by atoms with van der Waals surface area (Å²) in [7, 11) is -14.4. The van der Waals surface area contributed by atoms with E-state index in [4.69, 9.17) is 11.6 Å². The van der Waals surface area contributed by atoms with Crippen LogP contribution in [-0.2, 0) is 65.6 Å². The largest absolute Gasteiger partial charge is 0.480 e. The molecule has 5 N–H and O–H groups in total. The molecule has 1 fully saturated rings. The van der Waals surface area contributed by atoms with Gasteiger partial charge in [0.15, 0.2) is 21.3 Å². The predicted octanol–water partition coefficient (Wildman–Crippen LogP) is 6.40. The SMILES string of the molecule is CC(C)(C#Cc1ccc(-c2ccc(Cl)c3c(N(C(=O)NC(CP(=O)(O)O)C(=O)O)S(C)(=O)=O)nn(CC(F)(F)F)c23)c([C@H](Cc2cc(F)cc(F)c2)NC(=O)Cn2nc(C(F)(F)F)c3c2C(F)(F)[C@@H]2C[C@H]32)n1)S(C)(=O)=O. The van der Waals surface area contributed by atoms with Gasteiger partial charge in [0.05, 0.1) is 40.1 Å². The van der Waals surface area contributed by atoms with E-state index in [0.29, 0.717) is 12.3 Å². The number of carbonyl (C=O) groups excluding carboxylic acids is 2. The topological polar surface area (TPSA) is 273 Å². The molecule has 5 aromatic rings. The van der Waals surface area contributed by atoms with E-state index in [0.717, 1.165) is 42.7 Å². The number of urea groups is 1. The zero-order valence-corrected chi connectivity index (χ0v) is 42.4. The number of hydrogen-bond acceptors (Lipinski definition) is 11. The van der Waals surface area contributed by atoms with Gasteiger partial charge in [0, 0.05) is 34.9 Å². The van der Waals surface area contributed by atoms with Gasteiger partial charge in [-0.2, -0.15) is 49.6 Å². The summed E-state index contributed by atoms with van der Waals surface area (Å²) in [5, 5.41) is 19.1. The van der Waals surface area contributed by atoms with Crippen LogP contribution in [-0.4, -0.2) is 110 Å². The quantitative estimate of drug-likeness (QED) is 0.0432. The lowest BCUT2D eigenvalue weighted by Gasteiger charge is -2.23. The van der Waals surface area contributed by atoms with Crippen molar-refractivity contribution < 1.29 is 94.6 Å². The molecule has 410 valence electrons. The van der Waals surface area contributed by atoms with E-state index < -0.39 is 191 Å². The van der Waals surface area contributed by atoms with Gasteiger partial charge >= 0.3 is 31.9 Å². The Kier molecular flexibility index (Phi) is 14.8. The lowest BCUT2D eigenvalue weighted by Crippen LogP contribution is -2.51. The summed E-state index contributed by atoms with van der Waals surface area (Å²) in [4.78, 5) is 63.2. The normalized spacial score (nSPS) is 17.3. The second-order valence-corrected chi connectivity index (χ2v) is 24.7. The fourth-order valence-electron chi connectivity index (χ4n) is 8.43. The number of sulfonamides is 1. The number of fused-ring (bicyclic) bond motifs is 4.